The number of rotatable bonds is 2. The van der Waals surface area contributed by atoms with Crippen molar-refractivity contribution in [1.29, 1.82) is 0 Å². The van der Waals surface area contributed by atoms with Gasteiger partial charge in [0.05, 0.1) is 0 Å². The van der Waals surface area contributed by atoms with Crippen molar-refractivity contribution in [3.63, 3.8) is 0 Å². The summed E-state index contributed by atoms with van der Waals surface area (Å²) in [6, 6.07) is 5.24. The first kappa shape index (κ1) is 8.50. The Morgan fingerprint density at radius 3 is 3.21 bits per heavy atom. The highest BCUT2D eigenvalue weighted by molar-refractivity contribution is 5.99. The minimum Gasteiger partial charge on any atom is -0.443 e. The molecule has 4 nitrogen and oxygen atoms in total. The summed E-state index contributed by atoms with van der Waals surface area (Å²) in [5.41, 5.74) is 2.08. The van der Waals surface area contributed by atoms with Crippen LogP contribution in [0.3, 0.4) is 0 Å². The Balaban J connectivity index is 2.34. The third-order valence-electron chi connectivity index (χ3n) is 1.78. The fourth-order valence-corrected chi connectivity index (χ4v) is 1.13. The number of nitrogens with zero attached hydrogens (tertiary/aromatic N) is 1. The van der Waals surface area contributed by atoms with Gasteiger partial charge in [-0.1, -0.05) is 6.58 Å². The van der Waals surface area contributed by atoms with Crippen LogP contribution < -0.4 is 5.32 Å². The summed E-state index contributed by atoms with van der Waals surface area (Å²) in [7, 11) is 0. The first-order valence-electron chi connectivity index (χ1n) is 4.06. The van der Waals surface area contributed by atoms with Gasteiger partial charge < -0.3 is 9.73 Å². The molecule has 4 heteroatoms. The van der Waals surface area contributed by atoms with E-state index < -0.39 is 0 Å². The molecule has 0 radical (unpaired) electrons. The van der Waals surface area contributed by atoms with Crippen LogP contribution in [0.4, 0.5) is 5.69 Å². The average Bonchev–Trinajstić information content (AvgIpc) is 2.64. The number of carbonyl (C=O) groups excluding carboxylic acids is 1. The smallest absolute Gasteiger partial charge is 0.247 e. The zero-order chi connectivity index (χ0) is 9.97. The maximum Gasteiger partial charge on any atom is 0.247 e. The van der Waals surface area contributed by atoms with E-state index in [1.54, 1.807) is 18.2 Å². The molecule has 1 amide bonds. The standard InChI is InChI=1S/C10H8N2O2/c1-2-10(13)12-7-3-4-8-9(5-7)14-6-11-8/h2-6H,1H2,(H,12,13). The molecule has 1 heterocycles. The van der Waals surface area contributed by atoms with Gasteiger partial charge in [0.1, 0.15) is 5.52 Å². The molecule has 1 aromatic carbocycles. The van der Waals surface area contributed by atoms with E-state index in [-0.39, 0.29) is 5.91 Å². The van der Waals surface area contributed by atoms with Crippen LogP contribution in [0.25, 0.3) is 11.1 Å². The van der Waals surface area contributed by atoms with E-state index in [1.807, 2.05) is 0 Å². The Labute approximate surface area is 80.2 Å². The Bertz CT molecular complexity index is 488. The number of fused-ring (bicyclic) bond motifs is 1. The highest BCUT2D eigenvalue weighted by Crippen LogP contribution is 2.17. The van der Waals surface area contributed by atoms with Gasteiger partial charge in [0.15, 0.2) is 12.0 Å². The van der Waals surface area contributed by atoms with Gasteiger partial charge in [-0.3, -0.25) is 4.79 Å². The predicted molar refractivity (Wildman–Crippen MR) is 52.8 cm³/mol. The van der Waals surface area contributed by atoms with E-state index in [0.29, 0.717) is 11.3 Å². The van der Waals surface area contributed by atoms with Crippen LogP contribution in [0, 0.1) is 0 Å². The Morgan fingerprint density at radius 2 is 2.43 bits per heavy atom. The van der Waals surface area contributed by atoms with Crippen molar-refractivity contribution in [3.05, 3.63) is 37.2 Å². The highest BCUT2D eigenvalue weighted by Gasteiger charge is 2.01. The maximum atomic E-state index is 11.0. The van der Waals surface area contributed by atoms with E-state index in [0.717, 1.165) is 5.52 Å². The Hall–Kier alpha value is -2.10. The number of anilines is 1. The van der Waals surface area contributed by atoms with Gasteiger partial charge in [-0.05, 0) is 18.2 Å². The number of nitrogens with one attached hydrogen (secondary N) is 1. The first-order chi connectivity index (χ1) is 6.79. The molecule has 0 saturated carbocycles. The number of benzene rings is 1. The van der Waals surface area contributed by atoms with Crippen molar-refractivity contribution in [2.75, 3.05) is 5.32 Å². The number of oxazole rings is 1. The highest BCUT2D eigenvalue weighted by atomic mass is 16.3. The van der Waals surface area contributed by atoms with Gasteiger partial charge >= 0.3 is 0 Å². The molecule has 0 aliphatic heterocycles. The largest absolute Gasteiger partial charge is 0.443 e. The molecule has 0 unspecified atom stereocenters. The normalized spacial score (nSPS) is 10.0. The summed E-state index contributed by atoms with van der Waals surface area (Å²) in [4.78, 5) is 14.9. The van der Waals surface area contributed by atoms with Crippen molar-refractivity contribution >= 4 is 22.7 Å². The fourth-order valence-electron chi connectivity index (χ4n) is 1.13. The molecular weight excluding hydrogens is 180 g/mol. The summed E-state index contributed by atoms with van der Waals surface area (Å²) in [6.07, 6.45) is 2.58. The third-order valence-corrected chi connectivity index (χ3v) is 1.78. The Morgan fingerprint density at radius 1 is 1.57 bits per heavy atom. The molecule has 70 valence electrons. The lowest BCUT2D eigenvalue weighted by Crippen LogP contribution is -2.06. The van der Waals surface area contributed by atoms with Crippen molar-refractivity contribution in [3.8, 4) is 0 Å². The minimum absolute atomic E-state index is 0.246. The van der Waals surface area contributed by atoms with Gasteiger partial charge in [-0.25, -0.2) is 4.98 Å². The molecule has 0 atom stereocenters. The van der Waals surface area contributed by atoms with Gasteiger partial charge in [0, 0.05) is 11.8 Å². The van der Waals surface area contributed by atoms with Crippen molar-refractivity contribution in [2.24, 2.45) is 0 Å². The lowest BCUT2D eigenvalue weighted by atomic mass is 10.3. The van der Waals surface area contributed by atoms with E-state index in [4.69, 9.17) is 4.42 Å². The van der Waals surface area contributed by atoms with Crippen LogP contribution in [0.15, 0.2) is 41.7 Å². The van der Waals surface area contributed by atoms with Gasteiger partial charge in [-0.2, -0.15) is 0 Å². The first-order valence-corrected chi connectivity index (χ1v) is 4.06. The molecule has 0 aliphatic carbocycles. The lowest BCUT2D eigenvalue weighted by Gasteiger charge is -2.00. The monoisotopic (exact) mass is 188 g/mol. The molecule has 1 aromatic heterocycles. The second-order valence-corrected chi connectivity index (χ2v) is 2.73. The Kier molecular flexibility index (Phi) is 2.02. The summed E-state index contributed by atoms with van der Waals surface area (Å²) < 4.78 is 5.09. The fraction of sp³-hybridized carbons (Fsp3) is 0. The van der Waals surface area contributed by atoms with Crippen molar-refractivity contribution in [2.45, 2.75) is 0 Å². The molecule has 0 saturated heterocycles. The third kappa shape index (κ3) is 1.50. The molecule has 1 N–H and O–H groups in total. The van der Waals surface area contributed by atoms with Crippen LogP contribution in [-0.2, 0) is 4.79 Å². The number of hydrogen-bond acceptors (Lipinski definition) is 3. The molecule has 0 aliphatic rings. The molecular formula is C10H8N2O2. The zero-order valence-corrected chi connectivity index (χ0v) is 7.36. The molecule has 0 fully saturated rings. The SMILES string of the molecule is C=CC(=O)Nc1ccc2ncoc2c1. The van der Waals surface area contributed by atoms with E-state index in [2.05, 4.69) is 16.9 Å². The van der Waals surface area contributed by atoms with Crippen molar-refractivity contribution in [1.82, 2.24) is 4.98 Å². The molecule has 2 rings (SSSR count). The molecule has 0 spiro atoms. The van der Waals surface area contributed by atoms with Crippen LogP contribution in [0.5, 0.6) is 0 Å². The molecule has 2 aromatic rings. The molecule has 14 heavy (non-hydrogen) atoms. The summed E-state index contributed by atoms with van der Waals surface area (Å²) in [5.74, 6) is -0.246. The summed E-state index contributed by atoms with van der Waals surface area (Å²) in [6.45, 7) is 3.36. The lowest BCUT2D eigenvalue weighted by molar-refractivity contribution is -0.111. The van der Waals surface area contributed by atoms with Crippen molar-refractivity contribution < 1.29 is 9.21 Å². The van der Waals surface area contributed by atoms with E-state index in [9.17, 15) is 4.79 Å². The number of amides is 1. The maximum absolute atomic E-state index is 11.0. The average molecular weight is 188 g/mol. The van der Waals surface area contributed by atoms with Gasteiger partial charge in [-0.15, -0.1) is 0 Å². The van der Waals surface area contributed by atoms with Crippen LogP contribution >= 0.6 is 0 Å². The second-order valence-electron chi connectivity index (χ2n) is 2.73. The molecule has 0 bridgehead atoms. The topological polar surface area (TPSA) is 55.1 Å². The van der Waals surface area contributed by atoms with Crippen LogP contribution in [0.2, 0.25) is 0 Å². The predicted octanol–water partition coefficient (Wildman–Crippen LogP) is 1.95. The number of hydrogen-bond donors (Lipinski definition) is 1. The summed E-state index contributed by atoms with van der Waals surface area (Å²) in [5, 5.41) is 2.63. The van der Waals surface area contributed by atoms with Crippen LogP contribution in [-0.4, -0.2) is 10.9 Å². The minimum atomic E-state index is -0.246. The van der Waals surface area contributed by atoms with Gasteiger partial charge in [0.2, 0.25) is 5.91 Å². The van der Waals surface area contributed by atoms with E-state index in [1.165, 1.54) is 12.5 Å². The number of aromatic nitrogens is 1. The van der Waals surface area contributed by atoms with Crippen LogP contribution in [0.1, 0.15) is 0 Å². The number of carbonyl (C=O) groups is 1. The zero-order valence-electron chi connectivity index (χ0n) is 7.36. The van der Waals surface area contributed by atoms with Gasteiger partial charge in [0.25, 0.3) is 0 Å². The quantitative estimate of drug-likeness (QED) is 0.733. The summed E-state index contributed by atoms with van der Waals surface area (Å²) >= 11 is 0. The van der Waals surface area contributed by atoms with E-state index >= 15 is 0 Å². The second kappa shape index (κ2) is 3.33.